The summed E-state index contributed by atoms with van der Waals surface area (Å²) in [6.45, 7) is 2.31. The van der Waals surface area contributed by atoms with Crippen LogP contribution in [0.2, 0.25) is 0 Å². The van der Waals surface area contributed by atoms with Crippen LogP contribution < -0.4 is 5.32 Å². The summed E-state index contributed by atoms with van der Waals surface area (Å²) < 4.78 is 32.9. The molecule has 1 amide bonds. The number of nitrogens with one attached hydrogen (secondary N) is 1. The van der Waals surface area contributed by atoms with Crippen LogP contribution in [0.3, 0.4) is 0 Å². The Kier molecular flexibility index (Phi) is 4.72. The lowest BCUT2D eigenvalue weighted by atomic mass is 10.2. The summed E-state index contributed by atoms with van der Waals surface area (Å²) in [6, 6.07) is 4.24. The van der Waals surface area contributed by atoms with Crippen molar-refractivity contribution in [2.24, 2.45) is 5.92 Å². The zero-order valence-electron chi connectivity index (χ0n) is 14.4. The van der Waals surface area contributed by atoms with Gasteiger partial charge in [-0.2, -0.15) is 0 Å². The van der Waals surface area contributed by atoms with Crippen molar-refractivity contribution in [2.75, 3.05) is 19.6 Å². The quantitative estimate of drug-likeness (QED) is 0.890. The smallest absolute Gasteiger partial charge is 0.307 e. The number of rotatable bonds is 5. The Morgan fingerprint density at radius 1 is 1.27 bits per heavy atom. The van der Waals surface area contributed by atoms with Crippen molar-refractivity contribution in [3.8, 4) is 0 Å². The standard InChI is InChI=1S/C19H21F2N3O2/c20-14-3-1-2-13(17(14)21)11-24-8-6-15-16(7-9-24)26-19(23-15)18(25)22-10-12-4-5-12/h1-3,12H,4-11H2,(H,22,25). The van der Waals surface area contributed by atoms with E-state index in [1.54, 1.807) is 6.07 Å². The van der Waals surface area contributed by atoms with E-state index in [-0.39, 0.29) is 11.8 Å². The highest BCUT2D eigenvalue weighted by molar-refractivity contribution is 5.89. The number of carbonyl (C=O) groups is 1. The van der Waals surface area contributed by atoms with E-state index in [9.17, 15) is 13.6 Å². The van der Waals surface area contributed by atoms with Gasteiger partial charge >= 0.3 is 5.91 Å². The predicted octanol–water partition coefficient (Wildman–Crippen LogP) is 2.69. The van der Waals surface area contributed by atoms with Gasteiger partial charge in [0, 0.05) is 44.6 Å². The molecule has 2 aliphatic rings. The molecular formula is C19H21F2N3O2. The molecule has 138 valence electrons. The van der Waals surface area contributed by atoms with E-state index in [0.29, 0.717) is 56.3 Å². The third-order valence-electron chi connectivity index (χ3n) is 4.97. The molecule has 0 atom stereocenters. The number of amides is 1. The third-order valence-corrected chi connectivity index (χ3v) is 4.97. The van der Waals surface area contributed by atoms with Gasteiger partial charge in [-0.15, -0.1) is 0 Å². The number of benzene rings is 1. The van der Waals surface area contributed by atoms with E-state index in [1.807, 2.05) is 4.90 Å². The number of hydrogen-bond acceptors (Lipinski definition) is 4. The second-order valence-electron chi connectivity index (χ2n) is 7.03. The van der Waals surface area contributed by atoms with Crippen molar-refractivity contribution in [1.29, 1.82) is 0 Å². The summed E-state index contributed by atoms with van der Waals surface area (Å²) in [7, 11) is 0. The van der Waals surface area contributed by atoms with Gasteiger partial charge < -0.3 is 9.73 Å². The molecule has 7 heteroatoms. The predicted molar refractivity (Wildman–Crippen MR) is 90.6 cm³/mol. The molecule has 0 bridgehead atoms. The number of nitrogens with zero attached hydrogens (tertiary/aromatic N) is 2. The Hall–Kier alpha value is -2.28. The number of aromatic nitrogens is 1. The first-order valence-electron chi connectivity index (χ1n) is 9.02. The largest absolute Gasteiger partial charge is 0.437 e. The molecule has 1 N–H and O–H groups in total. The average Bonchev–Trinajstić information content (AvgIpc) is 3.40. The second kappa shape index (κ2) is 7.15. The highest BCUT2D eigenvalue weighted by atomic mass is 19.2. The fourth-order valence-electron chi connectivity index (χ4n) is 3.21. The molecule has 4 rings (SSSR count). The second-order valence-corrected chi connectivity index (χ2v) is 7.03. The summed E-state index contributed by atoms with van der Waals surface area (Å²) in [5.74, 6) is -0.440. The Morgan fingerprint density at radius 3 is 2.88 bits per heavy atom. The monoisotopic (exact) mass is 361 g/mol. The van der Waals surface area contributed by atoms with Crippen molar-refractivity contribution in [3.05, 3.63) is 52.7 Å². The zero-order chi connectivity index (χ0) is 18.1. The van der Waals surface area contributed by atoms with Gasteiger partial charge in [-0.25, -0.2) is 13.8 Å². The summed E-state index contributed by atoms with van der Waals surface area (Å²) in [5.41, 5.74) is 1.13. The van der Waals surface area contributed by atoms with Crippen LogP contribution in [0.15, 0.2) is 22.6 Å². The summed E-state index contributed by atoms with van der Waals surface area (Å²) in [6.07, 6.45) is 3.55. The van der Waals surface area contributed by atoms with E-state index >= 15 is 0 Å². The van der Waals surface area contributed by atoms with E-state index in [0.717, 1.165) is 11.8 Å². The molecule has 1 saturated carbocycles. The lowest BCUT2D eigenvalue weighted by Gasteiger charge is -2.20. The van der Waals surface area contributed by atoms with E-state index < -0.39 is 11.6 Å². The Labute approximate surface area is 150 Å². The maximum absolute atomic E-state index is 13.9. The van der Waals surface area contributed by atoms with Crippen molar-refractivity contribution < 1.29 is 18.0 Å². The molecule has 0 unspecified atom stereocenters. The molecule has 2 aromatic rings. The topological polar surface area (TPSA) is 58.4 Å². The van der Waals surface area contributed by atoms with Crippen LogP contribution >= 0.6 is 0 Å². The minimum absolute atomic E-state index is 0.125. The minimum Gasteiger partial charge on any atom is -0.437 e. The van der Waals surface area contributed by atoms with Crippen molar-refractivity contribution in [1.82, 2.24) is 15.2 Å². The highest BCUT2D eigenvalue weighted by Crippen LogP contribution is 2.27. The number of hydrogen-bond donors (Lipinski definition) is 1. The van der Waals surface area contributed by atoms with Gasteiger partial charge in [0.05, 0.1) is 5.69 Å². The fraction of sp³-hybridized carbons (Fsp3) is 0.474. The van der Waals surface area contributed by atoms with Crippen molar-refractivity contribution >= 4 is 5.91 Å². The lowest BCUT2D eigenvalue weighted by molar-refractivity contribution is 0.0915. The highest BCUT2D eigenvalue weighted by Gasteiger charge is 2.26. The first-order valence-corrected chi connectivity index (χ1v) is 9.02. The van der Waals surface area contributed by atoms with Gasteiger partial charge in [-0.05, 0) is 24.8 Å². The Balaban J connectivity index is 1.37. The summed E-state index contributed by atoms with van der Waals surface area (Å²) >= 11 is 0. The van der Waals surface area contributed by atoms with Crippen LogP contribution in [0.5, 0.6) is 0 Å². The van der Waals surface area contributed by atoms with Gasteiger partial charge in [-0.1, -0.05) is 12.1 Å². The molecule has 5 nitrogen and oxygen atoms in total. The van der Waals surface area contributed by atoms with Gasteiger partial charge in [0.2, 0.25) is 0 Å². The first kappa shape index (κ1) is 17.1. The van der Waals surface area contributed by atoms with Crippen molar-refractivity contribution in [2.45, 2.75) is 32.2 Å². The normalized spacial score (nSPS) is 17.6. The summed E-state index contributed by atoms with van der Waals surface area (Å²) in [5, 5.41) is 2.86. The van der Waals surface area contributed by atoms with Crippen LogP contribution in [0.4, 0.5) is 8.78 Å². The van der Waals surface area contributed by atoms with Crippen LogP contribution in [0.1, 0.15) is 40.5 Å². The molecule has 1 fully saturated rings. The van der Waals surface area contributed by atoms with E-state index in [1.165, 1.54) is 18.9 Å². The number of carbonyl (C=O) groups excluding carboxylic acids is 1. The van der Waals surface area contributed by atoms with Crippen LogP contribution in [0, 0.1) is 17.6 Å². The Morgan fingerprint density at radius 2 is 2.08 bits per heavy atom. The average molecular weight is 361 g/mol. The molecule has 1 aliphatic heterocycles. The summed E-state index contributed by atoms with van der Waals surface area (Å²) in [4.78, 5) is 18.5. The maximum atomic E-state index is 13.9. The molecule has 0 saturated heterocycles. The molecule has 1 aliphatic carbocycles. The van der Waals surface area contributed by atoms with Gasteiger partial charge in [0.1, 0.15) is 5.76 Å². The molecular weight excluding hydrogens is 340 g/mol. The number of oxazole rings is 1. The van der Waals surface area contributed by atoms with E-state index in [4.69, 9.17) is 4.42 Å². The molecule has 1 aromatic heterocycles. The van der Waals surface area contributed by atoms with Crippen molar-refractivity contribution in [3.63, 3.8) is 0 Å². The maximum Gasteiger partial charge on any atom is 0.307 e. The Bertz CT molecular complexity index is 792. The van der Waals surface area contributed by atoms with Crippen LogP contribution in [-0.4, -0.2) is 35.4 Å². The minimum atomic E-state index is -0.826. The molecule has 0 radical (unpaired) electrons. The first-order chi connectivity index (χ1) is 12.6. The molecule has 26 heavy (non-hydrogen) atoms. The molecule has 1 aromatic carbocycles. The third kappa shape index (κ3) is 3.77. The van der Waals surface area contributed by atoms with Gasteiger partial charge in [0.25, 0.3) is 5.89 Å². The van der Waals surface area contributed by atoms with Gasteiger partial charge in [-0.3, -0.25) is 9.69 Å². The number of fused-ring (bicyclic) bond motifs is 1. The molecule has 0 spiro atoms. The lowest BCUT2D eigenvalue weighted by Crippen LogP contribution is -2.27. The zero-order valence-corrected chi connectivity index (χ0v) is 14.4. The van der Waals surface area contributed by atoms with Crippen LogP contribution in [0.25, 0.3) is 0 Å². The number of halogens is 2. The van der Waals surface area contributed by atoms with Crippen LogP contribution in [-0.2, 0) is 19.4 Å². The van der Waals surface area contributed by atoms with Gasteiger partial charge in [0.15, 0.2) is 11.6 Å². The van der Waals surface area contributed by atoms with E-state index in [2.05, 4.69) is 10.3 Å². The molecule has 2 heterocycles. The fourth-order valence-corrected chi connectivity index (χ4v) is 3.21. The SMILES string of the molecule is O=C(NCC1CC1)c1nc2c(o1)CCN(Cc1cccc(F)c1F)CC2.